The fraction of sp³-hybridized carbons (Fsp3) is 1.00. The molecule has 0 aromatic carbocycles. The molecule has 0 aromatic heterocycles. The lowest BCUT2D eigenvalue weighted by atomic mass is 10.1. The normalized spacial score (nSPS) is 13.9. The van der Waals surface area contributed by atoms with Gasteiger partial charge in [-0.05, 0) is 32.5 Å². The molecule has 0 rings (SSSR count). The lowest BCUT2D eigenvalue weighted by Gasteiger charge is -2.27. The van der Waals surface area contributed by atoms with Gasteiger partial charge in [-0.25, -0.2) is 0 Å². The first-order chi connectivity index (χ1) is 8.02. The summed E-state index contributed by atoms with van der Waals surface area (Å²) >= 11 is 0. The van der Waals surface area contributed by atoms with Crippen molar-refractivity contribution in [1.82, 2.24) is 0 Å². The Hall–Kier alpha value is 0.177. The average molecular weight is 259 g/mol. The van der Waals surface area contributed by atoms with E-state index in [0.717, 1.165) is 0 Å². The van der Waals surface area contributed by atoms with Crippen LogP contribution in [0.2, 0.25) is 19.1 Å². The lowest BCUT2D eigenvalue weighted by Crippen LogP contribution is -2.34. The van der Waals surface area contributed by atoms with E-state index in [1.54, 1.807) is 0 Å². The molecule has 1 atom stereocenters. The maximum atomic E-state index is 6.24. The van der Waals surface area contributed by atoms with Gasteiger partial charge in [-0.2, -0.15) is 0 Å². The van der Waals surface area contributed by atoms with Crippen LogP contribution in [0.4, 0.5) is 0 Å². The Labute approximate surface area is 110 Å². The highest BCUT2D eigenvalue weighted by atomic mass is 28.4. The van der Waals surface area contributed by atoms with E-state index >= 15 is 0 Å². The second-order valence-electron chi connectivity index (χ2n) is 5.99. The molecular formula is C15H34OSi. The highest BCUT2D eigenvalue weighted by molar-refractivity contribution is 6.71. The summed E-state index contributed by atoms with van der Waals surface area (Å²) in [5.41, 5.74) is 0. The molecule has 0 radical (unpaired) electrons. The monoisotopic (exact) mass is 258 g/mol. The predicted octanol–water partition coefficient (Wildman–Crippen LogP) is 5.76. The minimum atomic E-state index is -1.37. The van der Waals surface area contributed by atoms with Crippen LogP contribution >= 0.6 is 0 Å². The first-order valence-electron chi connectivity index (χ1n) is 7.69. The average Bonchev–Trinajstić information content (AvgIpc) is 2.22. The van der Waals surface area contributed by atoms with E-state index in [1.165, 1.54) is 57.4 Å². The Balaban J connectivity index is 3.56. The molecule has 0 aliphatic heterocycles. The van der Waals surface area contributed by atoms with Crippen LogP contribution in [-0.2, 0) is 4.43 Å². The number of unbranched alkanes of at least 4 members (excludes halogenated alkanes) is 5. The van der Waals surface area contributed by atoms with Crippen LogP contribution in [0.15, 0.2) is 0 Å². The van der Waals surface area contributed by atoms with E-state index in [2.05, 4.69) is 33.9 Å². The van der Waals surface area contributed by atoms with Gasteiger partial charge in [0.15, 0.2) is 8.32 Å². The van der Waals surface area contributed by atoms with Gasteiger partial charge >= 0.3 is 0 Å². The number of hydrogen-bond acceptors (Lipinski definition) is 1. The van der Waals surface area contributed by atoms with Gasteiger partial charge < -0.3 is 4.43 Å². The third-order valence-corrected chi connectivity index (χ3v) is 5.95. The lowest BCUT2D eigenvalue weighted by molar-refractivity contribution is 0.199. The molecular weight excluding hydrogens is 224 g/mol. The molecule has 0 bridgehead atoms. The van der Waals surface area contributed by atoms with Gasteiger partial charge in [0, 0.05) is 6.10 Å². The summed E-state index contributed by atoms with van der Waals surface area (Å²) < 4.78 is 6.24. The fourth-order valence-electron chi connectivity index (χ4n) is 2.40. The summed E-state index contributed by atoms with van der Waals surface area (Å²) in [5.74, 6) is 0. The molecule has 1 unspecified atom stereocenters. The Morgan fingerprint density at radius 2 is 1.47 bits per heavy atom. The van der Waals surface area contributed by atoms with Crippen molar-refractivity contribution in [1.29, 1.82) is 0 Å². The van der Waals surface area contributed by atoms with Crippen LogP contribution in [0, 0.1) is 0 Å². The quantitative estimate of drug-likeness (QED) is 0.338. The van der Waals surface area contributed by atoms with Crippen LogP contribution in [0.3, 0.4) is 0 Å². The van der Waals surface area contributed by atoms with Gasteiger partial charge in [0.1, 0.15) is 0 Å². The summed E-state index contributed by atoms with van der Waals surface area (Å²) in [6.07, 6.45) is 11.3. The van der Waals surface area contributed by atoms with E-state index in [1.807, 2.05) is 0 Å². The van der Waals surface area contributed by atoms with Crippen molar-refractivity contribution >= 4 is 8.32 Å². The summed E-state index contributed by atoms with van der Waals surface area (Å²) in [6, 6.07) is 1.34. The molecule has 0 aromatic rings. The molecule has 1 nitrogen and oxygen atoms in total. The summed E-state index contributed by atoms with van der Waals surface area (Å²) in [5, 5.41) is 0. The highest BCUT2D eigenvalue weighted by Gasteiger charge is 2.23. The summed E-state index contributed by atoms with van der Waals surface area (Å²) in [6.45, 7) is 11.5. The zero-order chi connectivity index (χ0) is 13.1. The van der Waals surface area contributed by atoms with Gasteiger partial charge in [0.05, 0.1) is 0 Å². The van der Waals surface area contributed by atoms with E-state index < -0.39 is 8.32 Å². The van der Waals surface area contributed by atoms with E-state index in [0.29, 0.717) is 6.10 Å². The van der Waals surface area contributed by atoms with Crippen molar-refractivity contribution in [3.8, 4) is 0 Å². The SMILES string of the molecule is CCCCCCCC[Si](C)(C)OC(C)CCC. The molecule has 0 amide bonds. The van der Waals surface area contributed by atoms with Crippen molar-refractivity contribution < 1.29 is 4.43 Å². The zero-order valence-corrected chi connectivity index (χ0v) is 13.8. The topological polar surface area (TPSA) is 9.23 Å². The molecule has 17 heavy (non-hydrogen) atoms. The molecule has 2 heteroatoms. The first kappa shape index (κ1) is 17.2. The number of rotatable bonds is 11. The third kappa shape index (κ3) is 11.0. The number of hydrogen-bond donors (Lipinski definition) is 0. The van der Waals surface area contributed by atoms with Crippen molar-refractivity contribution in [2.24, 2.45) is 0 Å². The minimum absolute atomic E-state index is 0.474. The van der Waals surface area contributed by atoms with Crippen LogP contribution in [0.5, 0.6) is 0 Å². The summed E-state index contributed by atoms with van der Waals surface area (Å²) in [7, 11) is -1.37. The molecule has 0 aliphatic rings. The fourth-order valence-corrected chi connectivity index (χ4v) is 4.83. The molecule has 0 heterocycles. The van der Waals surface area contributed by atoms with Crippen molar-refractivity contribution in [3.05, 3.63) is 0 Å². The van der Waals surface area contributed by atoms with Crippen molar-refractivity contribution in [2.75, 3.05) is 0 Å². The molecule has 104 valence electrons. The van der Waals surface area contributed by atoms with Gasteiger partial charge in [-0.1, -0.05) is 58.8 Å². The van der Waals surface area contributed by atoms with Crippen LogP contribution in [-0.4, -0.2) is 14.4 Å². The minimum Gasteiger partial charge on any atom is -0.415 e. The predicted molar refractivity (Wildman–Crippen MR) is 81.1 cm³/mol. The second-order valence-corrected chi connectivity index (χ2v) is 10.2. The first-order valence-corrected chi connectivity index (χ1v) is 10.8. The van der Waals surface area contributed by atoms with E-state index in [9.17, 15) is 0 Å². The largest absolute Gasteiger partial charge is 0.415 e. The Morgan fingerprint density at radius 3 is 2.06 bits per heavy atom. The van der Waals surface area contributed by atoms with Gasteiger partial charge in [0.25, 0.3) is 0 Å². The van der Waals surface area contributed by atoms with Gasteiger partial charge in [-0.15, -0.1) is 0 Å². The maximum Gasteiger partial charge on any atom is 0.187 e. The molecule has 0 fully saturated rings. The van der Waals surface area contributed by atoms with Gasteiger partial charge in [0.2, 0.25) is 0 Å². The van der Waals surface area contributed by atoms with E-state index in [4.69, 9.17) is 4.43 Å². The van der Waals surface area contributed by atoms with Crippen LogP contribution in [0.1, 0.15) is 72.1 Å². The van der Waals surface area contributed by atoms with Gasteiger partial charge in [-0.3, -0.25) is 0 Å². The molecule has 0 saturated heterocycles. The molecule has 0 spiro atoms. The van der Waals surface area contributed by atoms with Crippen LogP contribution < -0.4 is 0 Å². The van der Waals surface area contributed by atoms with E-state index in [-0.39, 0.29) is 0 Å². The Bertz CT molecular complexity index is 168. The maximum absolute atomic E-state index is 6.24. The van der Waals surface area contributed by atoms with Crippen molar-refractivity contribution in [2.45, 2.75) is 97.4 Å². The molecule has 0 N–H and O–H groups in total. The Kier molecular flexibility index (Phi) is 10.2. The third-order valence-electron chi connectivity index (χ3n) is 3.35. The van der Waals surface area contributed by atoms with Crippen LogP contribution in [0.25, 0.3) is 0 Å². The summed E-state index contributed by atoms with van der Waals surface area (Å²) in [4.78, 5) is 0. The highest BCUT2D eigenvalue weighted by Crippen LogP contribution is 2.20. The van der Waals surface area contributed by atoms with Crippen molar-refractivity contribution in [3.63, 3.8) is 0 Å². The zero-order valence-electron chi connectivity index (χ0n) is 12.8. The Morgan fingerprint density at radius 1 is 0.882 bits per heavy atom. The smallest absolute Gasteiger partial charge is 0.187 e. The second kappa shape index (κ2) is 10.1. The molecule has 0 aliphatic carbocycles. The molecule has 0 saturated carbocycles. The standard InChI is InChI=1S/C15H34OSi/c1-6-8-9-10-11-12-14-17(4,5)16-15(3)13-7-2/h15H,6-14H2,1-5H3.